The van der Waals surface area contributed by atoms with Crippen LogP contribution in [-0.4, -0.2) is 25.9 Å². The lowest BCUT2D eigenvalue weighted by atomic mass is 10.1. The number of hydrogen-bond acceptors (Lipinski definition) is 4. The van der Waals surface area contributed by atoms with E-state index in [1.54, 1.807) is 56.7 Å². The lowest BCUT2D eigenvalue weighted by Crippen LogP contribution is -2.06. The Morgan fingerprint density at radius 3 is 2.21 bits per heavy atom. The van der Waals surface area contributed by atoms with Gasteiger partial charge in [0.05, 0.1) is 19.8 Å². The minimum atomic E-state index is -0.186. The summed E-state index contributed by atoms with van der Waals surface area (Å²) >= 11 is 0. The van der Waals surface area contributed by atoms with Gasteiger partial charge in [-0.1, -0.05) is 18.2 Å². The van der Waals surface area contributed by atoms with E-state index in [1.807, 2.05) is 6.07 Å². The van der Waals surface area contributed by atoms with Gasteiger partial charge in [-0.3, -0.25) is 9.59 Å². The molecule has 2 rings (SSSR count). The normalized spacial score (nSPS) is 10.5. The molecule has 0 aliphatic carbocycles. The van der Waals surface area contributed by atoms with Gasteiger partial charge in [-0.2, -0.15) is 0 Å². The van der Waals surface area contributed by atoms with E-state index in [0.29, 0.717) is 28.3 Å². The lowest BCUT2D eigenvalue weighted by Gasteiger charge is -2.09. The van der Waals surface area contributed by atoms with Crippen molar-refractivity contribution < 1.29 is 19.1 Å². The van der Waals surface area contributed by atoms with Crippen LogP contribution in [0.3, 0.4) is 0 Å². The summed E-state index contributed by atoms with van der Waals surface area (Å²) < 4.78 is 10.6. The SMILES string of the molecule is COc1cccc(OC)c1/C=C/C(=O)c1cccc(NC(C)=O)c1. The third-order valence-electron chi connectivity index (χ3n) is 3.33. The molecule has 1 N–H and O–H groups in total. The van der Waals surface area contributed by atoms with Crippen LogP contribution in [0.1, 0.15) is 22.8 Å². The van der Waals surface area contributed by atoms with E-state index in [9.17, 15) is 9.59 Å². The zero-order valence-electron chi connectivity index (χ0n) is 13.8. The number of benzene rings is 2. The zero-order valence-corrected chi connectivity index (χ0v) is 13.8. The number of methoxy groups -OCH3 is 2. The van der Waals surface area contributed by atoms with Gasteiger partial charge in [0.15, 0.2) is 5.78 Å². The Balaban J connectivity index is 2.27. The second kappa shape index (κ2) is 7.97. The maximum absolute atomic E-state index is 12.4. The van der Waals surface area contributed by atoms with E-state index in [4.69, 9.17) is 9.47 Å². The van der Waals surface area contributed by atoms with E-state index < -0.39 is 0 Å². The topological polar surface area (TPSA) is 64.6 Å². The number of hydrogen-bond donors (Lipinski definition) is 1. The molecule has 0 spiro atoms. The fourth-order valence-corrected chi connectivity index (χ4v) is 2.25. The highest BCUT2D eigenvalue weighted by molar-refractivity contribution is 6.08. The fourth-order valence-electron chi connectivity index (χ4n) is 2.25. The van der Waals surface area contributed by atoms with Crippen LogP contribution >= 0.6 is 0 Å². The maximum Gasteiger partial charge on any atom is 0.221 e. The molecule has 0 unspecified atom stereocenters. The van der Waals surface area contributed by atoms with Crippen LogP contribution in [0, 0.1) is 0 Å². The number of ketones is 1. The first-order valence-electron chi connectivity index (χ1n) is 7.36. The fraction of sp³-hybridized carbons (Fsp3) is 0.158. The molecule has 2 aromatic carbocycles. The first-order valence-corrected chi connectivity index (χ1v) is 7.36. The van der Waals surface area contributed by atoms with Crippen LogP contribution in [0.5, 0.6) is 11.5 Å². The highest BCUT2D eigenvalue weighted by Gasteiger charge is 2.08. The molecule has 124 valence electrons. The van der Waals surface area contributed by atoms with Crippen molar-refractivity contribution in [1.29, 1.82) is 0 Å². The number of nitrogens with one attached hydrogen (secondary N) is 1. The quantitative estimate of drug-likeness (QED) is 0.651. The lowest BCUT2D eigenvalue weighted by molar-refractivity contribution is -0.114. The first kappa shape index (κ1) is 17.3. The summed E-state index contributed by atoms with van der Waals surface area (Å²) in [7, 11) is 3.12. The van der Waals surface area contributed by atoms with E-state index in [0.717, 1.165) is 0 Å². The summed E-state index contributed by atoms with van der Waals surface area (Å²) in [6, 6.07) is 12.2. The van der Waals surface area contributed by atoms with Crippen molar-refractivity contribution in [2.75, 3.05) is 19.5 Å². The average molecular weight is 325 g/mol. The van der Waals surface area contributed by atoms with E-state index in [2.05, 4.69) is 5.32 Å². The van der Waals surface area contributed by atoms with Gasteiger partial charge in [0.25, 0.3) is 0 Å². The van der Waals surface area contributed by atoms with Crippen LogP contribution in [0.2, 0.25) is 0 Å². The van der Waals surface area contributed by atoms with Gasteiger partial charge in [-0.15, -0.1) is 0 Å². The molecule has 0 aliphatic rings. The standard InChI is InChI=1S/C19H19NO4/c1-13(21)20-15-7-4-6-14(12-15)17(22)11-10-16-18(23-2)8-5-9-19(16)24-3/h4-12H,1-3H3,(H,20,21)/b11-10+. The number of ether oxygens (including phenoxy) is 2. The number of rotatable bonds is 6. The molecule has 0 heterocycles. The monoisotopic (exact) mass is 325 g/mol. The predicted molar refractivity (Wildman–Crippen MR) is 93.7 cm³/mol. The van der Waals surface area contributed by atoms with Crippen molar-refractivity contribution in [3.8, 4) is 11.5 Å². The van der Waals surface area contributed by atoms with Crippen LogP contribution in [0.15, 0.2) is 48.5 Å². The minimum absolute atomic E-state index is 0.185. The van der Waals surface area contributed by atoms with Gasteiger partial charge in [0.2, 0.25) is 5.91 Å². The van der Waals surface area contributed by atoms with E-state index in [1.165, 1.54) is 13.0 Å². The molecule has 5 heteroatoms. The summed E-state index contributed by atoms with van der Waals surface area (Å²) in [5.74, 6) is 0.861. The number of amides is 1. The molecule has 0 saturated carbocycles. The summed E-state index contributed by atoms with van der Waals surface area (Å²) in [5.41, 5.74) is 1.75. The molecular weight excluding hydrogens is 306 g/mol. The Kier molecular flexibility index (Phi) is 5.73. The van der Waals surface area contributed by atoms with Gasteiger partial charge in [-0.05, 0) is 36.4 Å². The Labute approximate surface area is 140 Å². The Bertz CT molecular complexity index is 758. The number of anilines is 1. The molecule has 0 bridgehead atoms. The average Bonchev–Trinajstić information content (AvgIpc) is 2.58. The van der Waals surface area contributed by atoms with E-state index >= 15 is 0 Å². The molecule has 1 amide bonds. The molecular formula is C19H19NO4. The predicted octanol–water partition coefficient (Wildman–Crippen LogP) is 3.56. The van der Waals surface area contributed by atoms with Crippen molar-refractivity contribution in [1.82, 2.24) is 0 Å². The third-order valence-corrected chi connectivity index (χ3v) is 3.33. The minimum Gasteiger partial charge on any atom is -0.496 e. The van der Waals surface area contributed by atoms with Crippen molar-refractivity contribution in [3.05, 3.63) is 59.7 Å². The largest absolute Gasteiger partial charge is 0.496 e. The van der Waals surface area contributed by atoms with Crippen molar-refractivity contribution >= 4 is 23.5 Å². The second-order valence-corrected chi connectivity index (χ2v) is 5.04. The molecule has 5 nitrogen and oxygen atoms in total. The van der Waals surface area contributed by atoms with Crippen molar-refractivity contribution in [2.45, 2.75) is 6.92 Å². The van der Waals surface area contributed by atoms with Crippen molar-refractivity contribution in [2.24, 2.45) is 0 Å². The molecule has 0 atom stereocenters. The second-order valence-electron chi connectivity index (χ2n) is 5.04. The van der Waals surface area contributed by atoms with Crippen LogP contribution in [0.25, 0.3) is 6.08 Å². The van der Waals surface area contributed by atoms with Gasteiger partial charge < -0.3 is 14.8 Å². The Hall–Kier alpha value is -3.08. The van der Waals surface area contributed by atoms with Crippen LogP contribution in [0.4, 0.5) is 5.69 Å². The van der Waals surface area contributed by atoms with E-state index in [-0.39, 0.29) is 11.7 Å². The van der Waals surface area contributed by atoms with Gasteiger partial charge in [0, 0.05) is 18.2 Å². The summed E-state index contributed by atoms with van der Waals surface area (Å²) in [6.45, 7) is 1.42. The molecule has 2 aromatic rings. The smallest absolute Gasteiger partial charge is 0.221 e. The zero-order chi connectivity index (χ0) is 17.5. The van der Waals surface area contributed by atoms with Gasteiger partial charge in [-0.25, -0.2) is 0 Å². The number of carbonyl (C=O) groups is 2. The molecule has 24 heavy (non-hydrogen) atoms. The maximum atomic E-state index is 12.4. The van der Waals surface area contributed by atoms with Crippen LogP contribution in [-0.2, 0) is 4.79 Å². The summed E-state index contributed by atoms with van der Waals surface area (Å²) in [4.78, 5) is 23.5. The summed E-state index contributed by atoms with van der Waals surface area (Å²) in [6.07, 6.45) is 3.11. The molecule has 0 aromatic heterocycles. The highest BCUT2D eigenvalue weighted by Crippen LogP contribution is 2.29. The first-order chi connectivity index (χ1) is 11.5. The highest BCUT2D eigenvalue weighted by atomic mass is 16.5. The van der Waals surface area contributed by atoms with Gasteiger partial charge in [0.1, 0.15) is 11.5 Å². The van der Waals surface area contributed by atoms with Crippen molar-refractivity contribution in [3.63, 3.8) is 0 Å². The summed E-state index contributed by atoms with van der Waals surface area (Å²) in [5, 5.41) is 2.66. The molecule has 0 fully saturated rings. The third kappa shape index (κ3) is 4.23. The number of carbonyl (C=O) groups excluding carboxylic acids is 2. The Morgan fingerprint density at radius 2 is 1.62 bits per heavy atom. The molecule has 0 aliphatic heterocycles. The molecule has 0 radical (unpaired) electrons. The number of allylic oxidation sites excluding steroid dienone is 1. The van der Waals surface area contributed by atoms with Crippen LogP contribution < -0.4 is 14.8 Å². The van der Waals surface area contributed by atoms with Gasteiger partial charge >= 0.3 is 0 Å². The molecule has 0 saturated heterocycles. The Morgan fingerprint density at radius 1 is 1.00 bits per heavy atom.